The minimum absolute atomic E-state index is 0.0976. The van der Waals surface area contributed by atoms with Crippen molar-refractivity contribution in [2.75, 3.05) is 4.90 Å². The summed E-state index contributed by atoms with van der Waals surface area (Å²) in [6, 6.07) is 9.19. The Kier molecular flexibility index (Phi) is 5.64. The van der Waals surface area contributed by atoms with Crippen molar-refractivity contribution in [3.8, 4) is 0 Å². The largest absolute Gasteiger partial charge is 0.359 e. The van der Waals surface area contributed by atoms with E-state index in [1.165, 1.54) is 11.0 Å². The number of amides is 2. The Morgan fingerprint density at radius 3 is 2.38 bits per heavy atom. The highest BCUT2D eigenvalue weighted by Crippen LogP contribution is 2.42. The molecule has 0 saturated carbocycles. The van der Waals surface area contributed by atoms with E-state index in [1.54, 1.807) is 45.9 Å². The van der Waals surface area contributed by atoms with Crippen LogP contribution in [-0.4, -0.2) is 28.4 Å². The van der Waals surface area contributed by atoms with Crippen LogP contribution in [0.15, 0.2) is 53.1 Å². The van der Waals surface area contributed by atoms with Crippen LogP contribution < -0.4 is 4.90 Å². The van der Waals surface area contributed by atoms with Gasteiger partial charge in [0.25, 0.3) is 5.91 Å². The first-order chi connectivity index (χ1) is 15.9. The van der Waals surface area contributed by atoms with Gasteiger partial charge in [-0.15, -0.1) is 0 Å². The summed E-state index contributed by atoms with van der Waals surface area (Å²) < 4.78 is 0. The quantitative estimate of drug-likeness (QED) is 0.525. The van der Waals surface area contributed by atoms with Crippen molar-refractivity contribution in [3.63, 3.8) is 0 Å². The SMILES string of the molecule is CC1=CC(=O)C(C(C)(C)CC(=O)N2C(=O)/C(=C\c3[nH]c(C)cc3C)c3ccccc32)=C(C)C1=O. The van der Waals surface area contributed by atoms with E-state index in [0.29, 0.717) is 33.5 Å². The van der Waals surface area contributed by atoms with Crippen LogP contribution in [0.1, 0.15) is 56.6 Å². The summed E-state index contributed by atoms with van der Waals surface area (Å²) in [6.45, 7) is 10.7. The van der Waals surface area contributed by atoms with Crippen molar-refractivity contribution in [2.45, 2.75) is 48.0 Å². The van der Waals surface area contributed by atoms with E-state index in [2.05, 4.69) is 4.98 Å². The van der Waals surface area contributed by atoms with Crippen LogP contribution in [0.5, 0.6) is 0 Å². The van der Waals surface area contributed by atoms with Gasteiger partial charge in [0.1, 0.15) is 0 Å². The highest BCUT2D eigenvalue weighted by atomic mass is 16.2. The first-order valence-corrected chi connectivity index (χ1v) is 11.3. The maximum Gasteiger partial charge on any atom is 0.265 e. The van der Waals surface area contributed by atoms with Gasteiger partial charge in [0.15, 0.2) is 11.6 Å². The molecular formula is C28H28N2O4. The van der Waals surface area contributed by atoms with Gasteiger partial charge in [-0.3, -0.25) is 19.2 Å². The number of ketones is 2. The van der Waals surface area contributed by atoms with Crippen LogP contribution in [0.3, 0.4) is 0 Å². The molecule has 1 aromatic heterocycles. The number of allylic oxidation sites excluding steroid dienone is 4. The molecule has 6 heteroatoms. The first-order valence-electron chi connectivity index (χ1n) is 11.3. The minimum Gasteiger partial charge on any atom is -0.359 e. The number of aromatic amines is 1. The van der Waals surface area contributed by atoms with Crippen molar-refractivity contribution in [1.82, 2.24) is 4.98 Å². The topological polar surface area (TPSA) is 87.3 Å². The van der Waals surface area contributed by atoms with E-state index in [4.69, 9.17) is 0 Å². The zero-order chi connectivity index (χ0) is 24.9. The minimum atomic E-state index is -0.931. The molecule has 2 heterocycles. The van der Waals surface area contributed by atoms with Gasteiger partial charge in [0.2, 0.25) is 5.91 Å². The predicted octanol–water partition coefficient (Wildman–Crippen LogP) is 4.88. The number of H-pyrrole nitrogens is 1. The average molecular weight is 457 g/mol. The zero-order valence-corrected chi connectivity index (χ0v) is 20.3. The summed E-state index contributed by atoms with van der Waals surface area (Å²) in [5.74, 6) is -1.28. The lowest BCUT2D eigenvalue weighted by Gasteiger charge is -2.31. The highest BCUT2D eigenvalue weighted by molar-refractivity contribution is 6.42. The molecule has 6 nitrogen and oxygen atoms in total. The number of carbonyl (C=O) groups is 4. The molecule has 2 aliphatic rings. The number of imide groups is 1. The lowest BCUT2D eigenvalue weighted by molar-refractivity contribution is -0.125. The summed E-state index contributed by atoms with van der Waals surface area (Å²) >= 11 is 0. The molecule has 2 aromatic rings. The van der Waals surface area contributed by atoms with E-state index in [0.717, 1.165) is 17.0 Å². The second-order valence-corrected chi connectivity index (χ2v) is 9.74. The molecule has 0 radical (unpaired) electrons. The third-order valence-corrected chi connectivity index (χ3v) is 6.53. The van der Waals surface area contributed by atoms with Crippen LogP contribution in [-0.2, 0) is 19.2 Å². The van der Waals surface area contributed by atoms with E-state index in [-0.39, 0.29) is 18.0 Å². The molecule has 1 aliphatic heterocycles. The van der Waals surface area contributed by atoms with Crippen molar-refractivity contribution >= 4 is 40.7 Å². The summed E-state index contributed by atoms with van der Waals surface area (Å²) in [5.41, 5.74) is 4.59. The molecule has 1 aliphatic carbocycles. The molecule has 0 atom stereocenters. The number of nitrogens with one attached hydrogen (secondary N) is 1. The number of para-hydroxylation sites is 1. The Bertz CT molecular complexity index is 1360. The van der Waals surface area contributed by atoms with E-state index in [1.807, 2.05) is 32.0 Å². The van der Waals surface area contributed by atoms with E-state index < -0.39 is 17.2 Å². The third kappa shape index (κ3) is 3.79. The Morgan fingerprint density at radius 2 is 1.74 bits per heavy atom. The summed E-state index contributed by atoms with van der Waals surface area (Å²) in [6.07, 6.45) is 3.01. The summed E-state index contributed by atoms with van der Waals surface area (Å²) in [7, 11) is 0. The van der Waals surface area contributed by atoms with Crippen LogP contribution in [0.4, 0.5) is 5.69 Å². The lowest BCUT2D eigenvalue weighted by atomic mass is 9.73. The lowest BCUT2D eigenvalue weighted by Crippen LogP contribution is -2.38. The third-order valence-electron chi connectivity index (χ3n) is 6.53. The average Bonchev–Trinajstić information content (AvgIpc) is 3.21. The summed E-state index contributed by atoms with van der Waals surface area (Å²) in [5, 5.41) is 0. The fourth-order valence-electron chi connectivity index (χ4n) is 4.99. The number of Topliss-reactive ketones (excluding diaryl/α,β-unsaturated/α-hetero) is 1. The molecule has 0 saturated heterocycles. The van der Waals surface area contributed by atoms with Gasteiger partial charge >= 0.3 is 0 Å². The fourth-order valence-corrected chi connectivity index (χ4v) is 4.99. The van der Waals surface area contributed by atoms with E-state index in [9.17, 15) is 19.2 Å². The van der Waals surface area contributed by atoms with Crippen molar-refractivity contribution in [2.24, 2.45) is 5.41 Å². The normalized spacial score (nSPS) is 17.6. The number of aromatic nitrogens is 1. The number of hydrogen-bond acceptors (Lipinski definition) is 4. The number of anilines is 1. The number of carbonyl (C=O) groups excluding carboxylic acids is 4. The van der Waals surface area contributed by atoms with Gasteiger partial charge in [-0.2, -0.15) is 0 Å². The highest BCUT2D eigenvalue weighted by Gasteiger charge is 2.41. The molecule has 0 spiro atoms. The number of nitrogens with zero attached hydrogens (tertiary/aromatic N) is 1. The zero-order valence-electron chi connectivity index (χ0n) is 20.3. The van der Waals surface area contributed by atoms with Gasteiger partial charge in [-0.05, 0) is 57.5 Å². The number of rotatable bonds is 4. The van der Waals surface area contributed by atoms with Gasteiger partial charge in [-0.1, -0.05) is 32.0 Å². The molecule has 0 bridgehead atoms. The van der Waals surface area contributed by atoms with Crippen LogP contribution >= 0.6 is 0 Å². The molecule has 1 aromatic carbocycles. The summed E-state index contributed by atoms with van der Waals surface area (Å²) in [4.78, 5) is 56.7. The number of benzene rings is 1. The maximum atomic E-state index is 13.5. The molecule has 174 valence electrons. The number of hydrogen-bond donors (Lipinski definition) is 1. The van der Waals surface area contributed by atoms with Gasteiger partial charge in [-0.25, -0.2) is 4.90 Å². The molecule has 1 N–H and O–H groups in total. The van der Waals surface area contributed by atoms with Gasteiger partial charge < -0.3 is 4.98 Å². The Labute approximate surface area is 199 Å². The molecule has 4 rings (SSSR count). The molecule has 0 unspecified atom stereocenters. The van der Waals surface area contributed by atoms with Gasteiger partial charge in [0, 0.05) is 45.5 Å². The Hall–Kier alpha value is -3.80. The monoisotopic (exact) mass is 456 g/mol. The Balaban J connectivity index is 1.70. The fraction of sp³-hybridized carbons (Fsp3) is 0.286. The molecule has 0 fully saturated rings. The predicted molar refractivity (Wildman–Crippen MR) is 132 cm³/mol. The number of aryl methyl sites for hydroxylation is 2. The Morgan fingerprint density at radius 1 is 1.06 bits per heavy atom. The molecule has 34 heavy (non-hydrogen) atoms. The maximum absolute atomic E-state index is 13.5. The van der Waals surface area contributed by atoms with Crippen LogP contribution in [0.2, 0.25) is 0 Å². The van der Waals surface area contributed by atoms with Crippen molar-refractivity contribution < 1.29 is 19.2 Å². The smallest absolute Gasteiger partial charge is 0.265 e. The standard InChI is InChI=1S/C28H28N2O4/c1-15-11-17(3)29-21(15)13-20-19-9-7-8-10-22(19)30(27(20)34)24(32)14-28(5,6)25-18(4)26(33)16(2)12-23(25)31/h7-13,29H,14H2,1-6H3/b20-13-. The molecular weight excluding hydrogens is 428 g/mol. The van der Waals surface area contributed by atoms with Crippen LogP contribution in [0, 0.1) is 19.3 Å². The van der Waals surface area contributed by atoms with Crippen LogP contribution in [0.25, 0.3) is 11.6 Å². The molecule has 2 amide bonds. The first kappa shape index (κ1) is 23.4. The van der Waals surface area contributed by atoms with E-state index >= 15 is 0 Å². The van der Waals surface area contributed by atoms with Gasteiger partial charge in [0.05, 0.1) is 11.3 Å². The second kappa shape index (κ2) is 8.20. The number of fused-ring (bicyclic) bond motifs is 1. The van der Waals surface area contributed by atoms with Crippen molar-refractivity contribution in [3.05, 3.63) is 75.6 Å². The van der Waals surface area contributed by atoms with Crippen molar-refractivity contribution in [1.29, 1.82) is 0 Å². The second-order valence-electron chi connectivity index (χ2n) is 9.74.